The average Bonchev–Trinajstić information content (AvgIpc) is 3.29. The molecule has 0 amide bonds. The van der Waals surface area contributed by atoms with Gasteiger partial charge in [-0.2, -0.15) is 26.3 Å². The molecule has 0 aliphatic carbocycles. The molecule has 0 saturated heterocycles. The number of rotatable bonds is 6. The first kappa shape index (κ1) is 47.6. The van der Waals surface area contributed by atoms with Crippen LogP contribution in [0.4, 0.5) is 26.3 Å². The highest BCUT2D eigenvalue weighted by molar-refractivity contribution is 9.10. The predicted molar refractivity (Wildman–Crippen MR) is 254 cm³/mol. The summed E-state index contributed by atoms with van der Waals surface area (Å²) >= 11 is 6.58. The lowest BCUT2D eigenvalue weighted by atomic mass is 9.95. The Hall–Kier alpha value is -5.34. The molecule has 7 aromatic carbocycles. The number of fused-ring (bicyclic) bond motifs is 4. The summed E-state index contributed by atoms with van der Waals surface area (Å²) in [6, 6.07) is 46.0. The molecule has 2 aliphatic rings. The van der Waals surface area contributed by atoms with Gasteiger partial charge in [0, 0.05) is 29.8 Å². The lowest BCUT2D eigenvalue weighted by molar-refractivity contribution is -0.138. The number of halogens is 7. The van der Waals surface area contributed by atoms with Crippen molar-refractivity contribution in [2.45, 2.75) is 63.5 Å². The second-order valence-electron chi connectivity index (χ2n) is 15.3. The van der Waals surface area contributed by atoms with E-state index in [1.165, 1.54) is 66.1 Å². The van der Waals surface area contributed by atoms with E-state index in [0.29, 0.717) is 14.9 Å². The van der Waals surface area contributed by atoms with E-state index in [1.807, 2.05) is 50.2 Å². The van der Waals surface area contributed by atoms with E-state index in [0.717, 1.165) is 65.1 Å². The number of aliphatic imine (C=N–C) groups is 1. The predicted octanol–water partition coefficient (Wildman–Crippen LogP) is 15.6. The van der Waals surface area contributed by atoms with E-state index in [1.54, 1.807) is 35.7 Å². The van der Waals surface area contributed by atoms with Gasteiger partial charge in [0.25, 0.3) is 0 Å². The molecule has 0 aromatic heterocycles. The molecule has 0 bridgehead atoms. The van der Waals surface area contributed by atoms with Crippen LogP contribution < -0.4 is 0 Å². The molecule has 0 spiro atoms. The number of hydrogen-bond acceptors (Lipinski definition) is 5. The molecule has 0 unspecified atom stereocenters. The van der Waals surface area contributed by atoms with Crippen molar-refractivity contribution in [1.82, 2.24) is 0 Å². The van der Waals surface area contributed by atoms with Crippen LogP contribution >= 0.6 is 39.5 Å². The monoisotopic (exact) mass is 999 g/mol. The molecule has 0 fully saturated rings. The second kappa shape index (κ2) is 20.0. The smallest absolute Gasteiger partial charge is 0.273 e. The summed E-state index contributed by atoms with van der Waals surface area (Å²) in [7, 11) is -3.43. The summed E-state index contributed by atoms with van der Waals surface area (Å²) in [5, 5.41) is 0. The van der Waals surface area contributed by atoms with Gasteiger partial charge in [-0.15, -0.1) is 0 Å². The van der Waals surface area contributed by atoms with Crippen molar-refractivity contribution < 1.29 is 34.8 Å². The highest BCUT2D eigenvalue weighted by atomic mass is 79.9. The van der Waals surface area contributed by atoms with Crippen molar-refractivity contribution in [3.8, 4) is 0 Å². The molecule has 0 atom stereocenters. The molecule has 7 aromatic rings. The number of aryl methyl sites for hydroxylation is 1. The minimum absolute atomic E-state index is 0.240. The first-order valence-corrected chi connectivity index (χ1v) is 24.2. The first-order chi connectivity index (χ1) is 30.8. The van der Waals surface area contributed by atoms with E-state index in [2.05, 4.69) is 88.2 Å². The molecule has 13 heteroatoms. The molecule has 3 nitrogen and oxygen atoms in total. The molecular weight excluding hydrogens is 961 g/mol. The Kier molecular flexibility index (Phi) is 14.7. The second-order valence-corrected chi connectivity index (χ2v) is 20.3. The van der Waals surface area contributed by atoms with Crippen LogP contribution in [0.2, 0.25) is 0 Å². The van der Waals surface area contributed by atoms with Crippen LogP contribution in [-0.2, 0) is 35.0 Å². The van der Waals surface area contributed by atoms with E-state index >= 15 is 0 Å². The third kappa shape index (κ3) is 12.1. The minimum Gasteiger partial charge on any atom is -0.273 e. The Morgan fingerprint density at radius 2 is 1.02 bits per heavy atom. The summed E-state index contributed by atoms with van der Waals surface area (Å²) in [6.45, 7) is 7.90. The number of benzene rings is 7. The number of nitrogens with zero attached hydrogens (tertiary/aromatic N) is 1. The molecule has 65 heavy (non-hydrogen) atoms. The van der Waals surface area contributed by atoms with Gasteiger partial charge < -0.3 is 0 Å². The highest BCUT2D eigenvalue weighted by Crippen LogP contribution is 2.42. The summed E-state index contributed by atoms with van der Waals surface area (Å²) < 4.78 is 99.6. The summed E-state index contributed by atoms with van der Waals surface area (Å²) in [4.78, 5) is 9.74. The maximum Gasteiger partial charge on any atom is 0.416 e. The Balaban J connectivity index is 0.000000158. The summed E-state index contributed by atoms with van der Waals surface area (Å²) in [5.74, 6) is -0.240. The van der Waals surface area contributed by atoms with Gasteiger partial charge in [-0.1, -0.05) is 124 Å². The van der Waals surface area contributed by atoms with Gasteiger partial charge in [-0.3, -0.25) is 4.99 Å². The molecule has 2 aliphatic heterocycles. The highest BCUT2D eigenvalue weighted by Gasteiger charge is 2.31. The van der Waals surface area contributed by atoms with Gasteiger partial charge in [0.15, 0.2) is 9.84 Å². The topological polar surface area (TPSA) is 46.5 Å². The largest absolute Gasteiger partial charge is 0.416 e. The Bertz CT molecular complexity index is 2980. The molecule has 332 valence electrons. The lowest BCUT2D eigenvalue weighted by Crippen LogP contribution is -2.08. The van der Waals surface area contributed by atoms with Crippen LogP contribution in [0.1, 0.15) is 62.6 Å². The molecule has 9 rings (SSSR count). The third-order valence-electron chi connectivity index (χ3n) is 10.6. The maximum absolute atomic E-state index is 12.7. The standard InChI is InChI=1S/C23H21NO2S2.C22H15F3S.C7H4BrF3/c1-16-7-10-21(11-8-16)28(25,26)15-24-17(2)18-9-12-23-20(13-18)14-19-5-3-4-6-22(19)27-23;1-14(15-6-9-19(10-7-15)22(23,24)25)16-8-11-21-18(12-16)13-17-4-2-3-5-20(17)26-21;8-6-3-1-5(2-4-6)7(9,10)11/h3-13H,14-15H2,1-2H3;2-12H,1,13H2;1-4H. The van der Waals surface area contributed by atoms with Gasteiger partial charge in [0.1, 0.15) is 5.88 Å². The average molecular weight is 1000 g/mol. The van der Waals surface area contributed by atoms with Crippen LogP contribution in [0, 0.1) is 6.92 Å². The van der Waals surface area contributed by atoms with Crippen molar-refractivity contribution in [3.63, 3.8) is 0 Å². The first-order valence-electron chi connectivity index (χ1n) is 20.1. The third-order valence-corrected chi connectivity index (χ3v) is 15.1. The van der Waals surface area contributed by atoms with Crippen molar-refractivity contribution in [1.29, 1.82) is 0 Å². The Morgan fingerprint density at radius 1 is 0.585 bits per heavy atom. The molecule has 0 N–H and O–H groups in total. The molecule has 0 saturated carbocycles. The SMILES string of the molecule is C=C(c1ccc(C(F)(F)F)cc1)c1ccc2c(c1)Cc1ccccc1S2.CC(=NCS(=O)(=O)c1ccc(C)cc1)c1ccc2c(c1)Cc1ccccc1S2.FC(F)(F)c1ccc(Br)cc1. The van der Waals surface area contributed by atoms with Crippen molar-refractivity contribution in [2.75, 3.05) is 5.88 Å². The van der Waals surface area contributed by atoms with Crippen molar-refractivity contribution >= 4 is 60.6 Å². The van der Waals surface area contributed by atoms with E-state index in [-0.39, 0.29) is 5.88 Å². The van der Waals surface area contributed by atoms with Crippen LogP contribution in [0.25, 0.3) is 5.57 Å². The van der Waals surface area contributed by atoms with Gasteiger partial charge in [0.05, 0.1) is 16.0 Å². The van der Waals surface area contributed by atoms with Crippen LogP contribution in [0.3, 0.4) is 0 Å². The van der Waals surface area contributed by atoms with Gasteiger partial charge >= 0.3 is 12.4 Å². The summed E-state index contributed by atoms with van der Waals surface area (Å²) in [5.41, 5.74) is 8.93. The Labute approximate surface area is 391 Å². The number of hydrogen-bond donors (Lipinski definition) is 0. The van der Waals surface area contributed by atoms with Crippen LogP contribution in [0.5, 0.6) is 0 Å². The van der Waals surface area contributed by atoms with Crippen LogP contribution in [-0.4, -0.2) is 20.0 Å². The zero-order valence-electron chi connectivity index (χ0n) is 35.0. The van der Waals surface area contributed by atoms with E-state index in [4.69, 9.17) is 0 Å². The van der Waals surface area contributed by atoms with Gasteiger partial charge in [-0.05, 0) is 156 Å². The minimum atomic E-state index is -4.32. The fourth-order valence-corrected chi connectivity index (χ4v) is 10.4. The van der Waals surface area contributed by atoms with Gasteiger partial charge in [0.2, 0.25) is 0 Å². The Morgan fingerprint density at radius 3 is 1.52 bits per heavy atom. The molecule has 2 heterocycles. The number of sulfone groups is 1. The van der Waals surface area contributed by atoms with E-state index in [9.17, 15) is 34.8 Å². The zero-order chi connectivity index (χ0) is 46.5. The lowest BCUT2D eigenvalue weighted by Gasteiger charge is -2.20. The van der Waals surface area contributed by atoms with Crippen LogP contribution in [0.15, 0.2) is 198 Å². The normalized spacial score (nSPS) is 13.1. The number of alkyl halides is 6. The maximum atomic E-state index is 12.7. The summed E-state index contributed by atoms with van der Waals surface area (Å²) in [6.07, 6.45) is -6.81. The quantitative estimate of drug-likeness (QED) is 0.123. The van der Waals surface area contributed by atoms with Crippen molar-refractivity contribution in [3.05, 3.63) is 224 Å². The van der Waals surface area contributed by atoms with Crippen molar-refractivity contribution in [2.24, 2.45) is 4.99 Å². The van der Waals surface area contributed by atoms with Gasteiger partial charge in [-0.25, -0.2) is 8.42 Å². The molecular formula is C52H40BrF6NO2S3. The fraction of sp³-hybridized carbons (Fsp3) is 0.135. The zero-order valence-corrected chi connectivity index (χ0v) is 39.0. The fourth-order valence-electron chi connectivity index (χ4n) is 6.95. The van der Waals surface area contributed by atoms with E-state index < -0.39 is 33.3 Å². The molecule has 0 radical (unpaired) electrons.